The average Bonchev–Trinajstić information content (AvgIpc) is 2.42. The largest absolute Gasteiger partial charge is 0.388 e. The number of nitrogens with one attached hydrogen (secondary N) is 1. The van der Waals surface area contributed by atoms with Crippen LogP contribution in [0.2, 0.25) is 0 Å². The van der Waals surface area contributed by atoms with Crippen molar-refractivity contribution in [3.63, 3.8) is 0 Å². The Morgan fingerprint density at radius 3 is 2.50 bits per heavy atom. The van der Waals surface area contributed by atoms with Gasteiger partial charge in [0.15, 0.2) is 0 Å². The molecule has 0 aromatic heterocycles. The van der Waals surface area contributed by atoms with Gasteiger partial charge in [-0.1, -0.05) is 34.8 Å². The van der Waals surface area contributed by atoms with E-state index in [1.807, 2.05) is 0 Å². The van der Waals surface area contributed by atoms with Crippen LogP contribution >= 0.6 is 34.8 Å². The quantitative estimate of drug-likeness (QED) is 0.625. The minimum atomic E-state index is -2.06. The second-order valence-electron chi connectivity index (χ2n) is 3.82. The van der Waals surface area contributed by atoms with E-state index in [1.165, 1.54) is 0 Å². The molecule has 16 heavy (non-hydrogen) atoms. The lowest BCUT2D eigenvalue weighted by Gasteiger charge is -2.28. The fourth-order valence-electron chi connectivity index (χ4n) is 1.37. The number of aliphatic hydroxyl groups is 2. The SMILES string of the molecule is C[C@]1(CNC(=O)C(Cl)(Cl)Cl)OC[C@@H](O)[C@H]1O. The molecule has 3 atom stereocenters. The summed E-state index contributed by atoms with van der Waals surface area (Å²) < 4.78 is 3.13. The van der Waals surface area contributed by atoms with Gasteiger partial charge in [0.25, 0.3) is 9.70 Å². The molecule has 1 saturated heterocycles. The maximum atomic E-state index is 11.2. The van der Waals surface area contributed by atoms with E-state index in [0.717, 1.165) is 0 Å². The van der Waals surface area contributed by atoms with Gasteiger partial charge >= 0.3 is 0 Å². The van der Waals surface area contributed by atoms with Crippen molar-refractivity contribution >= 4 is 40.7 Å². The van der Waals surface area contributed by atoms with Crippen LogP contribution in [0.1, 0.15) is 6.92 Å². The zero-order valence-corrected chi connectivity index (χ0v) is 10.7. The van der Waals surface area contributed by atoms with Gasteiger partial charge in [0, 0.05) is 6.54 Å². The van der Waals surface area contributed by atoms with Crippen LogP contribution < -0.4 is 5.32 Å². The summed E-state index contributed by atoms with van der Waals surface area (Å²) in [7, 11) is 0. The molecular formula is C8H12Cl3NO4. The van der Waals surface area contributed by atoms with Gasteiger partial charge in [0.1, 0.15) is 17.8 Å². The third-order valence-electron chi connectivity index (χ3n) is 2.43. The lowest BCUT2D eigenvalue weighted by molar-refractivity contribution is -0.122. The normalized spacial score (nSPS) is 35.1. The zero-order chi connectivity index (χ0) is 12.6. The minimum Gasteiger partial charge on any atom is -0.388 e. The smallest absolute Gasteiger partial charge is 0.272 e. The molecule has 0 saturated carbocycles. The van der Waals surface area contributed by atoms with Crippen molar-refractivity contribution in [2.75, 3.05) is 13.2 Å². The van der Waals surface area contributed by atoms with E-state index in [1.54, 1.807) is 6.92 Å². The Hall–Kier alpha value is 0.220. The number of alkyl halides is 3. The number of amides is 1. The highest BCUT2D eigenvalue weighted by Gasteiger charge is 2.46. The fourth-order valence-corrected chi connectivity index (χ4v) is 1.57. The molecule has 1 aliphatic rings. The molecule has 1 heterocycles. The molecule has 94 valence electrons. The number of ether oxygens (including phenoxy) is 1. The van der Waals surface area contributed by atoms with Crippen molar-refractivity contribution < 1.29 is 19.7 Å². The summed E-state index contributed by atoms with van der Waals surface area (Å²) in [5, 5.41) is 21.2. The lowest BCUT2D eigenvalue weighted by Crippen LogP contribution is -2.51. The first-order chi connectivity index (χ1) is 7.17. The Labute approximate surface area is 108 Å². The number of carbonyl (C=O) groups excluding carboxylic acids is 1. The van der Waals surface area contributed by atoms with Crippen LogP contribution in [0.15, 0.2) is 0 Å². The number of hydrogen-bond acceptors (Lipinski definition) is 4. The van der Waals surface area contributed by atoms with E-state index in [-0.39, 0.29) is 13.2 Å². The molecule has 0 aromatic rings. The molecule has 1 aliphatic heterocycles. The molecule has 0 spiro atoms. The first-order valence-electron chi connectivity index (χ1n) is 4.52. The number of rotatable bonds is 2. The van der Waals surface area contributed by atoms with Gasteiger partial charge in [-0.15, -0.1) is 0 Å². The Balaban J connectivity index is 2.53. The van der Waals surface area contributed by atoms with E-state index < -0.39 is 27.5 Å². The molecule has 0 unspecified atom stereocenters. The van der Waals surface area contributed by atoms with Crippen LogP contribution in [-0.2, 0) is 9.53 Å². The summed E-state index contributed by atoms with van der Waals surface area (Å²) in [4.78, 5) is 11.2. The van der Waals surface area contributed by atoms with Crippen molar-refractivity contribution in [3.8, 4) is 0 Å². The third-order valence-corrected chi connectivity index (χ3v) is 2.95. The second kappa shape index (κ2) is 4.84. The number of hydrogen-bond donors (Lipinski definition) is 3. The maximum Gasteiger partial charge on any atom is 0.272 e. The highest BCUT2D eigenvalue weighted by atomic mass is 35.6. The Morgan fingerprint density at radius 2 is 2.12 bits per heavy atom. The molecule has 0 radical (unpaired) electrons. The van der Waals surface area contributed by atoms with E-state index in [0.29, 0.717) is 0 Å². The predicted octanol–water partition coefficient (Wildman–Crippen LogP) is -0.0165. The van der Waals surface area contributed by atoms with Gasteiger partial charge in [-0.2, -0.15) is 0 Å². The molecule has 5 nitrogen and oxygen atoms in total. The predicted molar refractivity (Wildman–Crippen MR) is 59.7 cm³/mol. The van der Waals surface area contributed by atoms with Gasteiger partial charge in [0.05, 0.1) is 6.61 Å². The first kappa shape index (κ1) is 14.3. The molecule has 8 heteroatoms. The van der Waals surface area contributed by atoms with Crippen molar-refractivity contribution in [2.45, 2.75) is 28.5 Å². The number of aliphatic hydroxyl groups excluding tert-OH is 2. The van der Waals surface area contributed by atoms with Crippen LogP contribution in [0.25, 0.3) is 0 Å². The lowest BCUT2D eigenvalue weighted by atomic mass is 9.98. The molecular weight excluding hydrogens is 280 g/mol. The molecule has 0 bridgehead atoms. The highest BCUT2D eigenvalue weighted by Crippen LogP contribution is 2.28. The van der Waals surface area contributed by atoms with Gasteiger partial charge in [0.2, 0.25) is 0 Å². The van der Waals surface area contributed by atoms with E-state index in [9.17, 15) is 15.0 Å². The topological polar surface area (TPSA) is 78.8 Å². The third kappa shape index (κ3) is 3.12. The van der Waals surface area contributed by atoms with Gasteiger partial charge in [-0.3, -0.25) is 4.79 Å². The minimum absolute atomic E-state index is 0.00129. The van der Waals surface area contributed by atoms with Gasteiger partial charge < -0.3 is 20.3 Å². The zero-order valence-electron chi connectivity index (χ0n) is 8.41. The monoisotopic (exact) mass is 291 g/mol. The first-order valence-corrected chi connectivity index (χ1v) is 5.65. The Morgan fingerprint density at radius 1 is 1.56 bits per heavy atom. The van der Waals surface area contributed by atoms with Crippen molar-refractivity contribution in [2.24, 2.45) is 0 Å². The van der Waals surface area contributed by atoms with Gasteiger partial charge in [-0.25, -0.2) is 0 Å². The van der Waals surface area contributed by atoms with E-state index in [2.05, 4.69) is 5.32 Å². The summed E-state index contributed by atoms with van der Waals surface area (Å²) in [6.07, 6.45) is -2.07. The highest BCUT2D eigenvalue weighted by molar-refractivity contribution is 6.76. The van der Waals surface area contributed by atoms with Crippen molar-refractivity contribution in [3.05, 3.63) is 0 Å². The summed E-state index contributed by atoms with van der Waals surface area (Å²) in [5.41, 5.74) is -1.08. The summed E-state index contributed by atoms with van der Waals surface area (Å²) in [5.74, 6) is -0.809. The second-order valence-corrected chi connectivity index (χ2v) is 6.10. The van der Waals surface area contributed by atoms with E-state index >= 15 is 0 Å². The van der Waals surface area contributed by atoms with Crippen molar-refractivity contribution in [1.29, 1.82) is 0 Å². The van der Waals surface area contributed by atoms with Crippen LogP contribution in [0.4, 0.5) is 0 Å². The molecule has 0 aliphatic carbocycles. The van der Waals surface area contributed by atoms with Crippen molar-refractivity contribution in [1.82, 2.24) is 5.32 Å². The van der Waals surface area contributed by atoms with E-state index in [4.69, 9.17) is 39.5 Å². The van der Waals surface area contributed by atoms with Crippen LogP contribution in [-0.4, -0.2) is 50.9 Å². The molecule has 1 fully saturated rings. The summed E-state index contributed by atoms with van der Waals surface area (Å²) >= 11 is 16.0. The van der Waals surface area contributed by atoms with Crippen LogP contribution in [0.3, 0.4) is 0 Å². The molecule has 1 rings (SSSR count). The number of carbonyl (C=O) groups is 1. The fraction of sp³-hybridized carbons (Fsp3) is 0.875. The average molecular weight is 293 g/mol. The number of halogens is 3. The molecule has 1 amide bonds. The summed E-state index contributed by atoms with van der Waals surface area (Å²) in [6, 6.07) is 0. The molecule has 3 N–H and O–H groups in total. The van der Waals surface area contributed by atoms with Gasteiger partial charge in [-0.05, 0) is 6.92 Å². The van der Waals surface area contributed by atoms with Crippen LogP contribution in [0, 0.1) is 0 Å². The van der Waals surface area contributed by atoms with Crippen LogP contribution in [0.5, 0.6) is 0 Å². The standard InChI is InChI=1S/C8H12Cl3NO4/c1-7(5(14)4(13)2-16-7)3-12-6(15)8(9,10)11/h4-5,13-14H,2-3H2,1H3,(H,12,15)/t4-,5-,7-/m1/s1. The Kier molecular flexibility index (Phi) is 4.32. The summed E-state index contributed by atoms with van der Waals surface area (Å²) in [6.45, 7) is 1.49. The molecule has 0 aromatic carbocycles. The maximum absolute atomic E-state index is 11.2. The Bertz CT molecular complexity index is 283.